The molecule has 0 heterocycles. The molecule has 0 aliphatic carbocycles. The number of anilines is 1. The van der Waals surface area contributed by atoms with Crippen LogP contribution in [0.1, 0.15) is 51.3 Å². The molecule has 3 aromatic carbocycles. The van der Waals surface area contributed by atoms with Gasteiger partial charge in [0.05, 0.1) is 7.11 Å². The molecule has 0 aliphatic rings. The Kier molecular flexibility index (Phi) is 10.8. The molecule has 3 amide bonds. The Labute approximate surface area is 246 Å². The zero-order valence-corrected chi connectivity index (χ0v) is 24.6. The molecule has 3 aromatic rings. The van der Waals surface area contributed by atoms with Crippen LogP contribution in [0.25, 0.3) is 0 Å². The van der Waals surface area contributed by atoms with Gasteiger partial charge < -0.3 is 35.2 Å². The van der Waals surface area contributed by atoms with Crippen LogP contribution in [-0.2, 0) is 20.7 Å². The molecular formula is C32H39N3O7. The number of alkyl carbamates (subject to hydrolysis) is 1. The highest BCUT2D eigenvalue weighted by atomic mass is 16.6. The Morgan fingerprint density at radius 3 is 1.98 bits per heavy atom. The average molecular weight is 578 g/mol. The first-order chi connectivity index (χ1) is 19.9. The maximum absolute atomic E-state index is 14.3. The third-order valence-electron chi connectivity index (χ3n) is 6.24. The predicted molar refractivity (Wildman–Crippen MR) is 159 cm³/mol. The molecule has 10 nitrogen and oxygen atoms in total. The van der Waals surface area contributed by atoms with E-state index in [1.165, 1.54) is 29.2 Å². The van der Waals surface area contributed by atoms with E-state index >= 15 is 0 Å². The van der Waals surface area contributed by atoms with Crippen molar-refractivity contribution >= 4 is 23.6 Å². The molecule has 0 spiro atoms. The molecule has 2 unspecified atom stereocenters. The fourth-order valence-corrected chi connectivity index (χ4v) is 4.34. The van der Waals surface area contributed by atoms with E-state index in [0.717, 1.165) is 0 Å². The highest BCUT2D eigenvalue weighted by Crippen LogP contribution is 2.27. The first kappa shape index (κ1) is 31.8. The molecule has 2 atom stereocenters. The Hall–Kier alpha value is -4.73. The van der Waals surface area contributed by atoms with Gasteiger partial charge in [-0.15, -0.1) is 0 Å². The Morgan fingerprint density at radius 1 is 0.881 bits per heavy atom. The van der Waals surface area contributed by atoms with E-state index in [0.29, 0.717) is 29.0 Å². The Balaban J connectivity index is 2.01. The summed E-state index contributed by atoms with van der Waals surface area (Å²) >= 11 is 0. The molecule has 224 valence electrons. The molecule has 4 N–H and O–H groups in total. The molecule has 3 rings (SSSR count). The number of benzene rings is 3. The number of ether oxygens (including phenoxy) is 2. The summed E-state index contributed by atoms with van der Waals surface area (Å²) in [6.07, 6.45) is -0.171. The number of phenols is 2. The van der Waals surface area contributed by atoms with Gasteiger partial charge in [0.2, 0.25) is 5.91 Å². The molecule has 0 saturated heterocycles. The zero-order chi connectivity index (χ0) is 30.9. The standard InChI is InChI=1S/C32H39N3O7/c1-6-19-35(30(39)27(34-31(40)42-32(2,3)4)20-21-7-13-24(36)14-8-21)28(22-9-15-25(37)16-10-22)29(38)33-23-11-17-26(41-5)18-12-23/h7-18,27-28,36-37H,6,19-20H2,1-5H3,(H,33,38)(H,34,40). The summed E-state index contributed by atoms with van der Waals surface area (Å²) < 4.78 is 10.6. The second kappa shape index (κ2) is 14.2. The van der Waals surface area contributed by atoms with Crippen molar-refractivity contribution in [1.82, 2.24) is 10.2 Å². The Morgan fingerprint density at radius 2 is 1.45 bits per heavy atom. The van der Waals surface area contributed by atoms with Crippen LogP contribution < -0.4 is 15.4 Å². The van der Waals surface area contributed by atoms with Crippen LogP contribution in [0.4, 0.5) is 10.5 Å². The van der Waals surface area contributed by atoms with Gasteiger partial charge in [-0.3, -0.25) is 9.59 Å². The van der Waals surface area contributed by atoms with Gasteiger partial charge >= 0.3 is 6.09 Å². The van der Waals surface area contributed by atoms with Crippen LogP contribution >= 0.6 is 0 Å². The van der Waals surface area contributed by atoms with Gasteiger partial charge in [-0.05, 0) is 86.8 Å². The van der Waals surface area contributed by atoms with Crippen molar-refractivity contribution in [2.24, 2.45) is 0 Å². The molecule has 0 saturated carbocycles. The summed E-state index contributed by atoms with van der Waals surface area (Å²) in [5.41, 5.74) is 0.858. The summed E-state index contributed by atoms with van der Waals surface area (Å²) in [7, 11) is 1.54. The van der Waals surface area contributed by atoms with Gasteiger partial charge in [-0.1, -0.05) is 31.2 Å². The number of amides is 3. The highest BCUT2D eigenvalue weighted by Gasteiger charge is 2.36. The SMILES string of the molecule is CCCN(C(=O)C(Cc1ccc(O)cc1)NC(=O)OC(C)(C)C)C(C(=O)Nc1ccc(OC)cc1)c1ccc(O)cc1. The lowest BCUT2D eigenvalue weighted by Gasteiger charge is -2.34. The van der Waals surface area contributed by atoms with E-state index in [1.54, 1.807) is 76.4 Å². The van der Waals surface area contributed by atoms with Crippen molar-refractivity contribution in [3.05, 3.63) is 83.9 Å². The van der Waals surface area contributed by atoms with Gasteiger partial charge in [0.15, 0.2) is 0 Å². The summed E-state index contributed by atoms with van der Waals surface area (Å²) in [6.45, 7) is 7.24. The summed E-state index contributed by atoms with van der Waals surface area (Å²) in [6, 6.07) is 17.0. The van der Waals surface area contributed by atoms with E-state index in [4.69, 9.17) is 9.47 Å². The molecule has 0 bridgehead atoms. The lowest BCUT2D eigenvalue weighted by Crippen LogP contribution is -2.53. The van der Waals surface area contributed by atoms with E-state index in [2.05, 4.69) is 10.6 Å². The third kappa shape index (κ3) is 9.15. The second-order valence-corrected chi connectivity index (χ2v) is 10.8. The molecule has 10 heteroatoms. The van der Waals surface area contributed by atoms with Crippen LogP contribution in [-0.4, -0.2) is 58.3 Å². The molecule has 0 aliphatic heterocycles. The van der Waals surface area contributed by atoms with Crippen molar-refractivity contribution in [2.45, 2.75) is 58.2 Å². The minimum Gasteiger partial charge on any atom is -0.508 e. The normalized spacial score (nSPS) is 12.5. The van der Waals surface area contributed by atoms with Crippen molar-refractivity contribution in [2.75, 3.05) is 19.0 Å². The van der Waals surface area contributed by atoms with Crippen molar-refractivity contribution in [3.63, 3.8) is 0 Å². The first-order valence-corrected chi connectivity index (χ1v) is 13.7. The quantitative estimate of drug-likeness (QED) is 0.247. The number of hydrogen-bond donors (Lipinski definition) is 4. The second-order valence-electron chi connectivity index (χ2n) is 10.8. The molecular weight excluding hydrogens is 538 g/mol. The number of nitrogens with zero attached hydrogens (tertiary/aromatic N) is 1. The van der Waals surface area contributed by atoms with Gasteiger partial charge in [-0.2, -0.15) is 0 Å². The van der Waals surface area contributed by atoms with Crippen LogP contribution in [0, 0.1) is 0 Å². The number of rotatable bonds is 11. The fraction of sp³-hybridized carbons (Fsp3) is 0.344. The van der Waals surface area contributed by atoms with Crippen molar-refractivity contribution < 1.29 is 34.1 Å². The van der Waals surface area contributed by atoms with Crippen molar-refractivity contribution in [3.8, 4) is 17.2 Å². The number of nitrogens with one attached hydrogen (secondary N) is 2. The van der Waals surface area contributed by atoms with E-state index < -0.39 is 35.6 Å². The van der Waals surface area contributed by atoms with E-state index in [-0.39, 0.29) is 24.5 Å². The lowest BCUT2D eigenvalue weighted by molar-refractivity contribution is -0.140. The topological polar surface area (TPSA) is 137 Å². The van der Waals surface area contributed by atoms with Crippen LogP contribution in [0.5, 0.6) is 17.2 Å². The Bertz CT molecular complexity index is 1330. The van der Waals surface area contributed by atoms with E-state index in [1.807, 2.05) is 6.92 Å². The maximum atomic E-state index is 14.3. The number of methoxy groups -OCH3 is 1. The third-order valence-corrected chi connectivity index (χ3v) is 6.24. The number of hydrogen-bond acceptors (Lipinski definition) is 7. The highest BCUT2D eigenvalue weighted by molar-refractivity contribution is 5.99. The number of carbonyl (C=O) groups excluding carboxylic acids is 3. The van der Waals surface area contributed by atoms with Gasteiger partial charge in [0.25, 0.3) is 5.91 Å². The molecule has 0 radical (unpaired) electrons. The lowest BCUT2D eigenvalue weighted by atomic mass is 9.99. The molecule has 42 heavy (non-hydrogen) atoms. The maximum Gasteiger partial charge on any atom is 0.408 e. The van der Waals surface area contributed by atoms with Crippen LogP contribution in [0.15, 0.2) is 72.8 Å². The molecule has 0 fully saturated rings. The van der Waals surface area contributed by atoms with Gasteiger partial charge in [-0.25, -0.2) is 4.79 Å². The largest absolute Gasteiger partial charge is 0.508 e. The first-order valence-electron chi connectivity index (χ1n) is 13.7. The van der Waals surface area contributed by atoms with E-state index in [9.17, 15) is 24.6 Å². The predicted octanol–water partition coefficient (Wildman–Crippen LogP) is 5.16. The zero-order valence-electron chi connectivity index (χ0n) is 24.6. The minimum absolute atomic E-state index is 0.0122. The smallest absolute Gasteiger partial charge is 0.408 e. The van der Waals surface area contributed by atoms with Crippen molar-refractivity contribution in [1.29, 1.82) is 0 Å². The summed E-state index contributed by atoms with van der Waals surface area (Å²) in [5, 5.41) is 25.2. The average Bonchev–Trinajstić information content (AvgIpc) is 2.93. The summed E-state index contributed by atoms with van der Waals surface area (Å²) in [4.78, 5) is 42.4. The van der Waals surface area contributed by atoms with Gasteiger partial charge in [0, 0.05) is 18.7 Å². The fourth-order valence-electron chi connectivity index (χ4n) is 4.34. The number of aromatic hydroxyl groups is 2. The van der Waals surface area contributed by atoms with Gasteiger partial charge in [0.1, 0.15) is 34.9 Å². The molecule has 0 aromatic heterocycles. The number of phenolic OH excluding ortho intramolecular Hbond substituents is 2. The van der Waals surface area contributed by atoms with Crippen LogP contribution in [0.2, 0.25) is 0 Å². The van der Waals surface area contributed by atoms with Crippen LogP contribution in [0.3, 0.4) is 0 Å². The minimum atomic E-state index is -1.09. The number of carbonyl (C=O) groups is 3. The monoisotopic (exact) mass is 577 g/mol. The summed E-state index contributed by atoms with van der Waals surface area (Å²) in [5.74, 6) is -0.279.